The van der Waals surface area contributed by atoms with Crippen LogP contribution < -0.4 is 4.74 Å². The second kappa shape index (κ2) is 7.40. The van der Waals surface area contributed by atoms with Crippen LogP contribution in [0.4, 0.5) is 8.78 Å². The van der Waals surface area contributed by atoms with E-state index in [1.54, 1.807) is 29.1 Å². The van der Waals surface area contributed by atoms with Gasteiger partial charge in [0.1, 0.15) is 24.8 Å². The first-order chi connectivity index (χ1) is 13.6. The van der Waals surface area contributed by atoms with Crippen molar-refractivity contribution in [3.05, 3.63) is 90.4 Å². The fraction of sp³-hybridized carbons (Fsp3) is 0.136. The van der Waals surface area contributed by atoms with Crippen molar-refractivity contribution in [2.45, 2.75) is 5.60 Å². The van der Waals surface area contributed by atoms with Crippen molar-refractivity contribution in [1.82, 2.24) is 9.78 Å². The Morgan fingerprint density at radius 3 is 2.46 bits per heavy atom. The monoisotopic (exact) mass is 380 g/mol. The highest BCUT2D eigenvalue weighted by molar-refractivity contribution is 5.81. The summed E-state index contributed by atoms with van der Waals surface area (Å²) >= 11 is 0. The molecule has 0 spiro atoms. The minimum absolute atomic E-state index is 0.298. The van der Waals surface area contributed by atoms with Gasteiger partial charge in [-0.3, -0.25) is 0 Å². The van der Waals surface area contributed by atoms with Crippen LogP contribution in [0.3, 0.4) is 0 Å². The van der Waals surface area contributed by atoms with Gasteiger partial charge in [0.15, 0.2) is 5.60 Å². The molecule has 4 rings (SSSR count). The number of aromatic nitrogens is 2. The SMILES string of the molecule is OC(CF)(COc1ccc(F)cc1)c1ccc2c(cnn2-c2ccccc2)c1. The zero-order chi connectivity index (χ0) is 19.6. The number of hydrogen-bond donors (Lipinski definition) is 1. The van der Waals surface area contributed by atoms with Crippen LogP contribution in [0.2, 0.25) is 0 Å². The summed E-state index contributed by atoms with van der Waals surface area (Å²) < 4.78 is 34.0. The molecule has 0 fully saturated rings. The van der Waals surface area contributed by atoms with Gasteiger partial charge in [0, 0.05) is 5.39 Å². The molecular formula is C22H18F2N2O2. The zero-order valence-electron chi connectivity index (χ0n) is 14.9. The Morgan fingerprint density at radius 1 is 1.00 bits per heavy atom. The lowest BCUT2D eigenvalue weighted by Crippen LogP contribution is -2.35. The summed E-state index contributed by atoms with van der Waals surface area (Å²) in [5.41, 5.74) is 0.315. The van der Waals surface area contributed by atoms with Gasteiger partial charge in [-0.1, -0.05) is 24.3 Å². The third-order valence-electron chi connectivity index (χ3n) is 4.62. The molecule has 0 bridgehead atoms. The Balaban J connectivity index is 1.62. The molecule has 1 unspecified atom stereocenters. The fourth-order valence-electron chi connectivity index (χ4n) is 3.03. The van der Waals surface area contributed by atoms with Crippen LogP contribution >= 0.6 is 0 Å². The number of nitrogens with zero attached hydrogens (tertiary/aromatic N) is 2. The van der Waals surface area contributed by atoms with Gasteiger partial charge in [-0.2, -0.15) is 5.10 Å². The molecule has 1 N–H and O–H groups in total. The van der Waals surface area contributed by atoms with Gasteiger partial charge in [0.2, 0.25) is 0 Å². The molecule has 0 saturated carbocycles. The number of aliphatic hydroxyl groups is 1. The lowest BCUT2D eigenvalue weighted by Gasteiger charge is -2.25. The molecule has 0 amide bonds. The first-order valence-corrected chi connectivity index (χ1v) is 8.79. The average molecular weight is 380 g/mol. The van der Waals surface area contributed by atoms with E-state index < -0.39 is 18.1 Å². The van der Waals surface area contributed by atoms with Gasteiger partial charge >= 0.3 is 0 Å². The number of fused-ring (bicyclic) bond motifs is 1. The minimum atomic E-state index is -1.82. The molecule has 28 heavy (non-hydrogen) atoms. The fourth-order valence-corrected chi connectivity index (χ4v) is 3.03. The Bertz CT molecular complexity index is 1080. The predicted octanol–water partition coefficient (Wildman–Crippen LogP) is 4.40. The smallest absolute Gasteiger partial charge is 0.152 e. The molecular weight excluding hydrogens is 362 g/mol. The highest BCUT2D eigenvalue weighted by Gasteiger charge is 2.31. The predicted molar refractivity (Wildman–Crippen MR) is 103 cm³/mol. The second-order valence-electron chi connectivity index (χ2n) is 6.57. The summed E-state index contributed by atoms with van der Waals surface area (Å²) in [6, 6.07) is 20.2. The maximum Gasteiger partial charge on any atom is 0.152 e. The summed E-state index contributed by atoms with van der Waals surface area (Å²) in [5.74, 6) is -0.0415. The third-order valence-corrected chi connectivity index (χ3v) is 4.62. The quantitative estimate of drug-likeness (QED) is 0.539. The summed E-state index contributed by atoms with van der Waals surface area (Å²) in [6.45, 7) is -1.32. The summed E-state index contributed by atoms with van der Waals surface area (Å²) in [4.78, 5) is 0. The molecule has 0 aliphatic rings. The summed E-state index contributed by atoms with van der Waals surface area (Å²) in [6.07, 6.45) is 1.67. The summed E-state index contributed by atoms with van der Waals surface area (Å²) in [7, 11) is 0. The number of para-hydroxylation sites is 1. The summed E-state index contributed by atoms with van der Waals surface area (Å²) in [5, 5.41) is 16.0. The van der Waals surface area contributed by atoms with E-state index in [0.29, 0.717) is 11.3 Å². The first-order valence-electron chi connectivity index (χ1n) is 8.79. The van der Waals surface area contributed by atoms with Gasteiger partial charge in [-0.15, -0.1) is 0 Å². The third kappa shape index (κ3) is 3.46. The maximum absolute atomic E-state index is 13.8. The lowest BCUT2D eigenvalue weighted by molar-refractivity contribution is -0.0289. The Morgan fingerprint density at radius 2 is 1.75 bits per heavy atom. The van der Waals surface area contributed by atoms with Crippen LogP contribution in [-0.2, 0) is 5.60 Å². The van der Waals surface area contributed by atoms with E-state index in [1.807, 2.05) is 30.3 Å². The van der Waals surface area contributed by atoms with Crippen molar-refractivity contribution in [1.29, 1.82) is 0 Å². The van der Waals surface area contributed by atoms with Gasteiger partial charge in [0.25, 0.3) is 0 Å². The molecule has 1 aromatic heterocycles. The Kier molecular flexibility index (Phi) is 4.79. The van der Waals surface area contributed by atoms with E-state index in [1.165, 1.54) is 24.3 Å². The van der Waals surface area contributed by atoms with Crippen LogP contribution in [0.1, 0.15) is 5.56 Å². The first kappa shape index (κ1) is 18.1. The molecule has 4 nitrogen and oxygen atoms in total. The highest BCUT2D eigenvalue weighted by atomic mass is 19.1. The van der Waals surface area contributed by atoms with E-state index in [0.717, 1.165) is 16.6 Å². The molecule has 0 aliphatic carbocycles. The standard InChI is InChI=1S/C22H18F2N2O2/c23-14-22(27,15-28-20-9-7-18(24)8-10-20)17-6-11-21-16(12-17)13-25-26(21)19-4-2-1-3-5-19/h1-13,27H,14-15H2. The normalized spacial score (nSPS) is 13.4. The van der Waals surface area contributed by atoms with E-state index in [2.05, 4.69) is 5.10 Å². The molecule has 1 heterocycles. The van der Waals surface area contributed by atoms with Crippen LogP contribution in [0.5, 0.6) is 5.75 Å². The molecule has 4 aromatic rings. The van der Waals surface area contributed by atoms with E-state index in [4.69, 9.17) is 4.74 Å². The zero-order valence-corrected chi connectivity index (χ0v) is 14.9. The van der Waals surface area contributed by atoms with Gasteiger partial charge < -0.3 is 9.84 Å². The Labute approximate surface area is 160 Å². The van der Waals surface area contributed by atoms with Crippen LogP contribution in [0, 0.1) is 5.82 Å². The number of halogens is 2. The lowest BCUT2D eigenvalue weighted by atomic mass is 9.95. The van der Waals surface area contributed by atoms with Crippen LogP contribution in [0.25, 0.3) is 16.6 Å². The van der Waals surface area contributed by atoms with Crippen molar-refractivity contribution in [2.24, 2.45) is 0 Å². The molecule has 0 aliphatic heterocycles. The van der Waals surface area contributed by atoms with Crippen LogP contribution in [-0.4, -0.2) is 28.2 Å². The number of ether oxygens (including phenoxy) is 1. The number of alkyl halides is 1. The van der Waals surface area contributed by atoms with E-state index in [-0.39, 0.29) is 6.61 Å². The molecule has 3 aromatic carbocycles. The molecule has 0 saturated heterocycles. The molecule has 1 atom stereocenters. The molecule has 142 valence electrons. The number of hydrogen-bond acceptors (Lipinski definition) is 3. The molecule has 6 heteroatoms. The number of rotatable bonds is 6. The van der Waals surface area contributed by atoms with E-state index >= 15 is 0 Å². The average Bonchev–Trinajstić information content (AvgIpc) is 3.17. The maximum atomic E-state index is 13.8. The van der Waals surface area contributed by atoms with Crippen LogP contribution in [0.15, 0.2) is 79.0 Å². The number of benzene rings is 3. The van der Waals surface area contributed by atoms with Gasteiger partial charge in [0.05, 0.1) is 17.4 Å². The molecule has 0 radical (unpaired) electrons. The van der Waals surface area contributed by atoms with Crippen molar-refractivity contribution in [2.75, 3.05) is 13.3 Å². The van der Waals surface area contributed by atoms with Crippen molar-refractivity contribution < 1.29 is 18.6 Å². The largest absolute Gasteiger partial charge is 0.490 e. The topological polar surface area (TPSA) is 47.3 Å². The van der Waals surface area contributed by atoms with Gasteiger partial charge in [-0.25, -0.2) is 13.5 Å². The highest BCUT2D eigenvalue weighted by Crippen LogP contribution is 2.28. The van der Waals surface area contributed by atoms with Crippen molar-refractivity contribution in [3.63, 3.8) is 0 Å². The van der Waals surface area contributed by atoms with E-state index in [9.17, 15) is 13.9 Å². The van der Waals surface area contributed by atoms with Crippen molar-refractivity contribution >= 4 is 10.9 Å². The Hall–Kier alpha value is -3.25. The van der Waals surface area contributed by atoms with Gasteiger partial charge in [-0.05, 0) is 54.1 Å². The van der Waals surface area contributed by atoms with Crippen molar-refractivity contribution in [3.8, 4) is 11.4 Å². The second-order valence-corrected chi connectivity index (χ2v) is 6.57. The minimum Gasteiger partial charge on any atom is -0.490 e.